The standard InChI is InChI=1S/C12H12N2O2/c1-9-7-11(15)14(13-9)12(16)8-10-5-3-2-4-6-10/h2-6H,7-8H2,1H3. The van der Waals surface area contributed by atoms with E-state index in [4.69, 9.17) is 0 Å². The molecule has 2 rings (SSSR count). The molecule has 1 aliphatic rings. The molecule has 0 bridgehead atoms. The number of rotatable bonds is 2. The molecule has 0 aliphatic carbocycles. The number of amides is 2. The summed E-state index contributed by atoms with van der Waals surface area (Å²) in [7, 11) is 0. The molecule has 0 spiro atoms. The van der Waals surface area contributed by atoms with Gasteiger partial charge in [0.25, 0.3) is 11.8 Å². The molecule has 4 nitrogen and oxygen atoms in total. The zero-order valence-electron chi connectivity index (χ0n) is 9.01. The highest BCUT2D eigenvalue weighted by Gasteiger charge is 2.26. The lowest BCUT2D eigenvalue weighted by molar-refractivity contribution is -0.142. The van der Waals surface area contributed by atoms with Crippen LogP contribution in [0.3, 0.4) is 0 Å². The molecule has 0 saturated carbocycles. The van der Waals surface area contributed by atoms with Crippen molar-refractivity contribution >= 4 is 17.5 Å². The Bertz CT molecular complexity index is 451. The van der Waals surface area contributed by atoms with Crippen LogP contribution in [0, 0.1) is 0 Å². The van der Waals surface area contributed by atoms with Crippen LogP contribution in [0.5, 0.6) is 0 Å². The SMILES string of the molecule is CC1=NN(C(=O)Cc2ccccc2)C(=O)C1. The summed E-state index contributed by atoms with van der Waals surface area (Å²) in [4.78, 5) is 23.2. The number of carbonyl (C=O) groups is 2. The maximum absolute atomic E-state index is 11.8. The van der Waals surface area contributed by atoms with Gasteiger partial charge in [0.15, 0.2) is 0 Å². The summed E-state index contributed by atoms with van der Waals surface area (Å²) >= 11 is 0. The van der Waals surface area contributed by atoms with Gasteiger partial charge in [-0.1, -0.05) is 30.3 Å². The zero-order chi connectivity index (χ0) is 11.5. The second kappa shape index (κ2) is 4.26. The van der Waals surface area contributed by atoms with E-state index in [1.807, 2.05) is 30.3 Å². The minimum Gasteiger partial charge on any atom is -0.272 e. The molecule has 0 N–H and O–H groups in total. The first-order valence-electron chi connectivity index (χ1n) is 5.10. The topological polar surface area (TPSA) is 49.7 Å². The maximum Gasteiger partial charge on any atom is 0.255 e. The van der Waals surface area contributed by atoms with Gasteiger partial charge in [-0.15, -0.1) is 0 Å². The van der Waals surface area contributed by atoms with Crippen molar-refractivity contribution in [2.45, 2.75) is 19.8 Å². The van der Waals surface area contributed by atoms with Crippen molar-refractivity contribution in [1.82, 2.24) is 5.01 Å². The summed E-state index contributed by atoms with van der Waals surface area (Å²) in [6, 6.07) is 9.33. The summed E-state index contributed by atoms with van der Waals surface area (Å²) < 4.78 is 0. The third-order valence-electron chi connectivity index (χ3n) is 2.35. The molecule has 1 heterocycles. The van der Waals surface area contributed by atoms with Gasteiger partial charge in [0.1, 0.15) is 0 Å². The molecule has 0 atom stereocenters. The third-order valence-corrected chi connectivity index (χ3v) is 2.35. The second-order valence-electron chi connectivity index (χ2n) is 3.77. The van der Waals surface area contributed by atoms with Crippen LogP contribution in [-0.4, -0.2) is 22.5 Å². The van der Waals surface area contributed by atoms with Gasteiger partial charge in [0.05, 0.1) is 12.8 Å². The Labute approximate surface area is 93.6 Å². The summed E-state index contributed by atoms with van der Waals surface area (Å²) in [6.45, 7) is 1.74. The quantitative estimate of drug-likeness (QED) is 0.749. The number of imide groups is 1. The van der Waals surface area contributed by atoms with E-state index in [0.29, 0.717) is 5.71 Å². The number of hydrogen-bond acceptors (Lipinski definition) is 3. The Balaban J connectivity index is 2.07. The number of nitrogens with zero attached hydrogens (tertiary/aromatic N) is 2. The summed E-state index contributed by atoms with van der Waals surface area (Å²) in [5, 5.41) is 4.89. The number of hydrazone groups is 1. The Morgan fingerprint density at radius 2 is 2.06 bits per heavy atom. The summed E-state index contributed by atoms with van der Waals surface area (Å²) in [6.07, 6.45) is 0.462. The molecule has 0 aromatic heterocycles. The lowest BCUT2D eigenvalue weighted by Crippen LogP contribution is -2.29. The van der Waals surface area contributed by atoms with Crippen molar-refractivity contribution in [1.29, 1.82) is 0 Å². The van der Waals surface area contributed by atoms with Gasteiger partial charge >= 0.3 is 0 Å². The Kier molecular flexibility index (Phi) is 2.81. The van der Waals surface area contributed by atoms with E-state index in [1.54, 1.807) is 6.92 Å². The van der Waals surface area contributed by atoms with Crippen LogP contribution in [-0.2, 0) is 16.0 Å². The van der Waals surface area contributed by atoms with E-state index in [1.165, 1.54) is 0 Å². The molecule has 82 valence electrons. The van der Waals surface area contributed by atoms with E-state index < -0.39 is 0 Å². The predicted octanol–water partition coefficient (Wildman–Crippen LogP) is 1.36. The van der Waals surface area contributed by atoms with Crippen molar-refractivity contribution in [3.63, 3.8) is 0 Å². The molecule has 2 amide bonds. The molecule has 0 fully saturated rings. The van der Waals surface area contributed by atoms with E-state index in [9.17, 15) is 9.59 Å². The van der Waals surface area contributed by atoms with Crippen LogP contribution in [0.4, 0.5) is 0 Å². The van der Waals surface area contributed by atoms with Crippen molar-refractivity contribution < 1.29 is 9.59 Å². The van der Waals surface area contributed by atoms with E-state index >= 15 is 0 Å². The maximum atomic E-state index is 11.8. The van der Waals surface area contributed by atoms with E-state index in [-0.39, 0.29) is 24.7 Å². The fourth-order valence-corrected chi connectivity index (χ4v) is 1.60. The number of hydrogen-bond donors (Lipinski definition) is 0. The minimum atomic E-state index is -0.270. The van der Waals surface area contributed by atoms with Crippen LogP contribution >= 0.6 is 0 Å². The molecule has 16 heavy (non-hydrogen) atoms. The lowest BCUT2D eigenvalue weighted by Gasteiger charge is -2.09. The predicted molar refractivity (Wildman–Crippen MR) is 59.7 cm³/mol. The highest BCUT2D eigenvalue weighted by atomic mass is 16.2. The second-order valence-corrected chi connectivity index (χ2v) is 3.77. The fourth-order valence-electron chi connectivity index (χ4n) is 1.60. The molecule has 0 unspecified atom stereocenters. The van der Waals surface area contributed by atoms with Crippen LogP contribution in [0.1, 0.15) is 18.9 Å². The Morgan fingerprint density at radius 1 is 1.38 bits per heavy atom. The van der Waals surface area contributed by atoms with Gasteiger partial charge in [0.2, 0.25) is 0 Å². The van der Waals surface area contributed by atoms with Crippen molar-refractivity contribution in [3.8, 4) is 0 Å². The van der Waals surface area contributed by atoms with E-state index in [0.717, 1.165) is 10.6 Å². The molecule has 0 saturated heterocycles. The van der Waals surface area contributed by atoms with Crippen molar-refractivity contribution in [2.75, 3.05) is 0 Å². The average Bonchev–Trinajstić information content (AvgIpc) is 2.59. The molecule has 1 aromatic rings. The average molecular weight is 216 g/mol. The van der Waals surface area contributed by atoms with E-state index in [2.05, 4.69) is 5.10 Å². The van der Waals surface area contributed by atoms with Gasteiger partial charge in [-0.25, -0.2) is 0 Å². The molecule has 4 heteroatoms. The molecule has 0 radical (unpaired) electrons. The summed E-state index contributed by atoms with van der Waals surface area (Å²) in [5.41, 5.74) is 1.58. The van der Waals surface area contributed by atoms with Gasteiger partial charge in [-0.2, -0.15) is 10.1 Å². The largest absolute Gasteiger partial charge is 0.272 e. The van der Waals surface area contributed by atoms with Crippen molar-refractivity contribution in [2.24, 2.45) is 5.10 Å². The smallest absolute Gasteiger partial charge is 0.255 e. The molecular formula is C12H12N2O2. The van der Waals surface area contributed by atoms with Crippen molar-refractivity contribution in [3.05, 3.63) is 35.9 Å². The van der Waals surface area contributed by atoms with Gasteiger partial charge in [-0.3, -0.25) is 9.59 Å². The number of benzene rings is 1. The first-order chi connectivity index (χ1) is 7.66. The van der Waals surface area contributed by atoms with Gasteiger partial charge in [0, 0.05) is 5.71 Å². The Morgan fingerprint density at radius 3 is 2.62 bits per heavy atom. The molecular weight excluding hydrogens is 204 g/mol. The van der Waals surface area contributed by atoms with Gasteiger partial charge in [-0.05, 0) is 12.5 Å². The molecule has 1 aliphatic heterocycles. The van der Waals surface area contributed by atoms with Crippen LogP contribution in [0.15, 0.2) is 35.4 Å². The zero-order valence-corrected chi connectivity index (χ0v) is 9.01. The molecule has 1 aromatic carbocycles. The minimum absolute atomic E-state index is 0.212. The Hall–Kier alpha value is -1.97. The monoisotopic (exact) mass is 216 g/mol. The third kappa shape index (κ3) is 2.16. The highest BCUT2D eigenvalue weighted by molar-refractivity contribution is 6.10. The fraction of sp³-hybridized carbons (Fsp3) is 0.250. The first-order valence-corrected chi connectivity index (χ1v) is 5.10. The normalized spacial score (nSPS) is 15.2. The highest BCUT2D eigenvalue weighted by Crippen LogP contribution is 2.11. The number of carbonyl (C=O) groups excluding carboxylic acids is 2. The van der Waals surface area contributed by atoms with Gasteiger partial charge < -0.3 is 0 Å². The van der Waals surface area contributed by atoms with Crippen LogP contribution in [0.2, 0.25) is 0 Å². The lowest BCUT2D eigenvalue weighted by atomic mass is 10.1. The summed E-state index contributed by atoms with van der Waals surface area (Å²) in [5.74, 6) is -0.508. The first kappa shape index (κ1) is 10.5. The van der Waals surface area contributed by atoms with Crippen LogP contribution in [0.25, 0.3) is 0 Å². The van der Waals surface area contributed by atoms with Crippen LogP contribution < -0.4 is 0 Å².